The van der Waals surface area contributed by atoms with E-state index in [0.29, 0.717) is 31.2 Å². The molecule has 0 bridgehead atoms. The quantitative estimate of drug-likeness (QED) is 0.234. The lowest BCUT2D eigenvalue weighted by molar-refractivity contribution is 0.0529. The van der Waals surface area contributed by atoms with Gasteiger partial charge in [0.25, 0.3) is 0 Å². The Labute approximate surface area is 177 Å². The molecule has 0 aromatic heterocycles. The molecule has 27 heavy (non-hydrogen) atoms. The summed E-state index contributed by atoms with van der Waals surface area (Å²) in [6, 6.07) is 4.88. The second-order valence-corrected chi connectivity index (χ2v) is 6.64. The molecule has 0 aliphatic rings. The van der Waals surface area contributed by atoms with Gasteiger partial charge < -0.3 is 25.4 Å². The smallest absolute Gasteiger partial charge is 0.407 e. The standard InChI is InChI=1S/C18H29FN4O3.HI/c1-18(2,3)26-17(24)22-9-8-21-16(20-4)23-11-13-6-7-15(19)14(10-13)12-25-5;/h6-7,10H,8-9,11-12H2,1-5H3,(H,22,24)(H2,20,21,23);1H. The van der Waals surface area contributed by atoms with Crippen LogP contribution in [0.3, 0.4) is 0 Å². The Morgan fingerprint density at radius 1 is 1.19 bits per heavy atom. The summed E-state index contributed by atoms with van der Waals surface area (Å²) in [5.41, 5.74) is 0.899. The van der Waals surface area contributed by atoms with Gasteiger partial charge in [-0.25, -0.2) is 9.18 Å². The zero-order chi connectivity index (χ0) is 19.6. The van der Waals surface area contributed by atoms with Crippen molar-refractivity contribution in [1.29, 1.82) is 0 Å². The molecular formula is C18H30FIN4O3. The lowest BCUT2D eigenvalue weighted by atomic mass is 10.1. The first-order valence-corrected chi connectivity index (χ1v) is 8.42. The Morgan fingerprint density at radius 2 is 1.85 bits per heavy atom. The number of carbonyl (C=O) groups excluding carboxylic acids is 1. The van der Waals surface area contributed by atoms with Crippen LogP contribution in [0.25, 0.3) is 0 Å². The Balaban J connectivity index is 0.00000676. The van der Waals surface area contributed by atoms with Crippen molar-refractivity contribution in [2.24, 2.45) is 4.99 Å². The third kappa shape index (κ3) is 11.0. The molecule has 3 N–H and O–H groups in total. The number of rotatable bonds is 7. The van der Waals surface area contributed by atoms with Crippen LogP contribution < -0.4 is 16.0 Å². The molecule has 1 rings (SSSR count). The van der Waals surface area contributed by atoms with E-state index in [-0.39, 0.29) is 36.4 Å². The van der Waals surface area contributed by atoms with E-state index in [1.165, 1.54) is 13.2 Å². The Bertz CT molecular complexity index is 621. The number of methoxy groups -OCH3 is 1. The van der Waals surface area contributed by atoms with E-state index in [1.54, 1.807) is 19.2 Å². The van der Waals surface area contributed by atoms with E-state index in [0.717, 1.165) is 5.56 Å². The number of alkyl carbamates (subject to hydrolysis) is 1. The van der Waals surface area contributed by atoms with Crippen LogP contribution in [0, 0.1) is 5.82 Å². The van der Waals surface area contributed by atoms with Crippen molar-refractivity contribution in [1.82, 2.24) is 16.0 Å². The molecular weight excluding hydrogens is 466 g/mol. The van der Waals surface area contributed by atoms with Crippen molar-refractivity contribution >= 4 is 36.0 Å². The molecule has 0 unspecified atom stereocenters. The van der Waals surface area contributed by atoms with E-state index in [4.69, 9.17) is 9.47 Å². The molecule has 0 atom stereocenters. The molecule has 154 valence electrons. The van der Waals surface area contributed by atoms with Crippen LogP contribution >= 0.6 is 24.0 Å². The van der Waals surface area contributed by atoms with E-state index >= 15 is 0 Å². The first-order chi connectivity index (χ1) is 12.2. The van der Waals surface area contributed by atoms with Gasteiger partial charge in [-0.2, -0.15) is 0 Å². The minimum Gasteiger partial charge on any atom is -0.444 e. The molecule has 0 saturated carbocycles. The fourth-order valence-electron chi connectivity index (χ4n) is 2.07. The number of hydrogen-bond acceptors (Lipinski definition) is 4. The Morgan fingerprint density at radius 3 is 2.44 bits per heavy atom. The SMILES string of the molecule is CN=C(NCCNC(=O)OC(C)(C)C)NCc1ccc(F)c(COC)c1.I. The summed E-state index contributed by atoms with van der Waals surface area (Å²) in [6.07, 6.45) is -0.459. The highest BCUT2D eigenvalue weighted by molar-refractivity contribution is 14.0. The minimum atomic E-state index is -0.522. The van der Waals surface area contributed by atoms with Crippen LogP contribution in [-0.2, 0) is 22.6 Å². The average Bonchev–Trinajstić information content (AvgIpc) is 2.55. The van der Waals surface area contributed by atoms with Crippen molar-refractivity contribution < 1.29 is 18.7 Å². The number of halogens is 2. The van der Waals surface area contributed by atoms with Gasteiger partial charge in [0.1, 0.15) is 11.4 Å². The highest BCUT2D eigenvalue weighted by Crippen LogP contribution is 2.11. The van der Waals surface area contributed by atoms with Crippen LogP contribution in [-0.4, -0.2) is 44.9 Å². The van der Waals surface area contributed by atoms with Gasteiger partial charge in [-0.05, 0) is 38.5 Å². The average molecular weight is 496 g/mol. The van der Waals surface area contributed by atoms with Gasteiger partial charge in [0.2, 0.25) is 0 Å². The van der Waals surface area contributed by atoms with Crippen LogP contribution in [0.15, 0.2) is 23.2 Å². The van der Waals surface area contributed by atoms with Crippen molar-refractivity contribution in [2.75, 3.05) is 27.2 Å². The molecule has 0 heterocycles. The molecule has 0 aliphatic carbocycles. The fourth-order valence-corrected chi connectivity index (χ4v) is 2.07. The molecule has 1 aromatic carbocycles. The van der Waals surface area contributed by atoms with E-state index < -0.39 is 11.7 Å². The summed E-state index contributed by atoms with van der Waals surface area (Å²) in [5.74, 6) is 0.292. The van der Waals surface area contributed by atoms with Gasteiger partial charge in [-0.1, -0.05) is 6.07 Å². The summed E-state index contributed by atoms with van der Waals surface area (Å²) >= 11 is 0. The van der Waals surface area contributed by atoms with Crippen LogP contribution in [0.2, 0.25) is 0 Å². The number of ether oxygens (including phenoxy) is 2. The predicted octanol–water partition coefficient (Wildman–Crippen LogP) is 2.78. The van der Waals surface area contributed by atoms with Gasteiger partial charge in [0.05, 0.1) is 6.61 Å². The molecule has 9 heteroatoms. The lowest BCUT2D eigenvalue weighted by Crippen LogP contribution is -2.42. The fraction of sp³-hybridized carbons (Fsp3) is 0.556. The second-order valence-electron chi connectivity index (χ2n) is 6.64. The Hall–Kier alpha value is -1.62. The van der Waals surface area contributed by atoms with Gasteiger partial charge in [0, 0.05) is 39.4 Å². The number of amides is 1. The van der Waals surface area contributed by atoms with Crippen molar-refractivity contribution in [3.8, 4) is 0 Å². The third-order valence-corrected chi connectivity index (χ3v) is 3.18. The maximum Gasteiger partial charge on any atom is 0.407 e. The van der Waals surface area contributed by atoms with E-state index in [2.05, 4.69) is 20.9 Å². The third-order valence-electron chi connectivity index (χ3n) is 3.18. The minimum absolute atomic E-state index is 0. The normalized spacial score (nSPS) is 11.4. The first-order valence-electron chi connectivity index (χ1n) is 8.42. The number of nitrogens with zero attached hydrogens (tertiary/aromatic N) is 1. The number of carbonyl (C=O) groups is 1. The molecule has 0 radical (unpaired) electrons. The monoisotopic (exact) mass is 496 g/mol. The first kappa shape index (κ1) is 25.4. The molecule has 7 nitrogen and oxygen atoms in total. The molecule has 0 fully saturated rings. The maximum absolute atomic E-state index is 13.6. The zero-order valence-electron chi connectivity index (χ0n) is 16.5. The summed E-state index contributed by atoms with van der Waals surface area (Å²) in [6.45, 7) is 7.01. The van der Waals surface area contributed by atoms with Gasteiger partial charge >= 0.3 is 6.09 Å². The number of hydrogen-bond donors (Lipinski definition) is 3. The van der Waals surface area contributed by atoms with Crippen molar-refractivity contribution in [3.63, 3.8) is 0 Å². The summed E-state index contributed by atoms with van der Waals surface area (Å²) < 4.78 is 23.8. The molecule has 0 saturated heterocycles. The van der Waals surface area contributed by atoms with E-state index in [9.17, 15) is 9.18 Å². The molecule has 1 aromatic rings. The zero-order valence-corrected chi connectivity index (χ0v) is 18.8. The van der Waals surface area contributed by atoms with Crippen LogP contribution in [0.5, 0.6) is 0 Å². The highest BCUT2D eigenvalue weighted by Gasteiger charge is 2.15. The molecule has 0 spiro atoms. The van der Waals surface area contributed by atoms with Crippen molar-refractivity contribution in [3.05, 3.63) is 35.1 Å². The maximum atomic E-state index is 13.6. The lowest BCUT2D eigenvalue weighted by Gasteiger charge is -2.20. The predicted molar refractivity (Wildman–Crippen MR) is 115 cm³/mol. The van der Waals surface area contributed by atoms with Gasteiger partial charge in [-0.15, -0.1) is 24.0 Å². The number of nitrogens with one attached hydrogen (secondary N) is 3. The summed E-state index contributed by atoms with van der Waals surface area (Å²) in [4.78, 5) is 15.7. The van der Waals surface area contributed by atoms with E-state index in [1.807, 2.05) is 20.8 Å². The van der Waals surface area contributed by atoms with Gasteiger partial charge in [0.15, 0.2) is 5.96 Å². The number of benzene rings is 1. The second kappa shape index (κ2) is 12.7. The van der Waals surface area contributed by atoms with Crippen LogP contribution in [0.1, 0.15) is 31.9 Å². The van der Waals surface area contributed by atoms with Crippen LogP contribution in [0.4, 0.5) is 9.18 Å². The van der Waals surface area contributed by atoms with Gasteiger partial charge in [-0.3, -0.25) is 4.99 Å². The number of guanidine groups is 1. The van der Waals surface area contributed by atoms with Crippen molar-refractivity contribution in [2.45, 2.75) is 39.5 Å². The highest BCUT2D eigenvalue weighted by atomic mass is 127. The topological polar surface area (TPSA) is 84.0 Å². The number of aliphatic imine (C=N–C) groups is 1. The molecule has 1 amide bonds. The largest absolute Gasteiger partial charge is 0.444 e. The molecule has 0 aliphatic heterocycles. The summed E-state index contributed by atoms with van der Waals surface area (Å²) in [5, 5.41) is 8.87. The Kier molecular flexibility index (Phi) is 11.9. The summed E-state index contributed by atoms with van der Waals surface area (Å²) in [7, 11) is 3.18.